The van der Waals surface area contributed by atoms with Gasteiger partial charge in [-0.1, -0.05) is 12.1 Å². The maximum Gasteiger partial charge on any atom is 0.308 e. The van der Waals surface area contributed by atoms with E-state index in [1.54, 1.807) is 19.1 Å². The van der Waals surface area contributed by atoms with Gasteiger partial charge in [0.2, 0.25) is 0 Å². The largest absolute Gasteiger partial charge is 0.466 e. The fourth-order valence-corrected chi connectivity index (χ4v) is 1.64. The van der Waals surface area contributed by atoms with Crippen LogP contribution < -0.4 is 5.32 Å². The summed E-state index contributed by atoms with van der Waals surface area (Å²) < 4.78 is 17.4. The topological polar surface area (TPSA) is 58.6 Å². The van der Waals surface area contributed by atoms with Gasteiger partial charge in [0.25, 0.3) is 0 Å². The van der Waals surface area contributed by atoms with Crippen molar-refractivity contribution in [3.63, 3.8) is 0 Å². The van der Waals surface area contributed by atoms with E-state index in [0.29, 0.717) is 19.7 Å². The third-order valence-corrected chi connectivity index (χ3v) is 2.59. The monoisotopic (exact) mass is 269 g/mol. The molecule has 106 valence electrons. The maximum absolute atomic E-state index is 12.7. The molecular weight excluding hydrogens is 249 g/mol. The van der Waals surface area contributed by atoms with Crippen molar-refractivity contribution in [1.82, 2.24) is 5.32 Å². The summed E-state index contributed by atoms with van der Waals surface area (Å²) in [5.74, 6) is -0.642. The van der Waals surface area contributed by atoms with Crippen molar-refractivity contribution in [2.75, 3.05) is 19.7 Å². The van der Waals surface area contributed by atoms with E-state index < -0.39 is 12.1 Å². The Balaban J connectivity index is 2.13. The van der Waals surface area contributed by atoms with Crippen LogP contribution in [0.5, 0.6) is 0 Å². The summed E-state index contributed by atoms with van der Waals surface area (Å²) in [6.45, 7) is 3.04. The number of ether oxygens (including phenoxy) is 1. The molecule has 19 heavy (non-hydrogen) atoms. The quantitative estimate of drug-likeness (QED) is 0.551. The van der Waals surface area contributed by atoms with Crippen LogP contribution in [0.2, 0.25) is 0 Å². The van der Waals surface area contributed by atoms with E-state index >= 15 is 0 Å². The van der Waals surface area contributed by atoms with Gasteiger partial charge in [0.15, 0.2) is 0 Å². The fourth-order valence-electron chi connectivity index (χ4n) is 1.64. The Morgan fingerprint density at radius 3 is 2.74 bits per heavy atom. The Morgan fingerprint density at radius 2 is 2.11 bits per heavy atom. The first-order chi connectivity index (χ1) is 9.11. The number of nitrogens with one attached hydrogen (secondary N) is 1. The van der Waals surface area contributed by atoms with Crippen LogP contribution in [0.15, 0.2) is 24.3 Å². The molecule has 1 aromatic rings. The van der Waals surface area contributed by atoms with Crippen LogP contribution in [-0.2, 0) is 16.0 Å². The second-order valence-electron chi connectivity index (χ2n) is 4.24. The third kappa shape index (κ3) is 6.88. The van der Waals surface area contributed by atoms with Crippen molar-refractivity contribution in [3.05, 3.63) is 35.6 Å². The van der Waals surface area contributed by atoms with Gasteiger partial charge in [-0.05, 0) is 37.6 Å². The number of hydrogen-bond donors (Lipinski definition) is 2. The predicted molar refractivity (Wildman–Crippen MR) is 70.2 cm³/mol. The molecule has 5 heteroatoms. The highest BCUT2D eigenvalue weighted by molar-refractivity contribution is 5.69. The van der Waals surface area contributed by atoms with E-state index in [9.17, 15) is 14.3 Å². The van der Waals surface area contributed by atoms with Gasteiger partial charge in [0.1, 0.15) is 5.82 Å². The molecule has 0 saturated heterocycles. The van der Waals surface area contributed by atoms with Crippen molar-refractivity contribution in [2.45, 2.75) is 25.9 Å². The molecule has 1 atom stereocenters. The molecule has 0 aliphatic heterocycles. The Kier molecular flexibility index (Phi) is 7.07. The molecule has 0 aromatic heterocycles. The average molecular weight is 269 g/mol. The zero-order chi connectivity index (χ0) is 14.1. The predicted octanol–water partition coefficient (Wildman–Crippen LogP) is 1.27. The van der Waals surface area contributed by atoms with Gasteiger partial charge < -0.3 is 15.2 Å². The lowest BCUT2D eigenvalue weighted by Crippen LogP contribution is -2.30. The van der Waals surface area contributed by atoms with Crippen molar-refractivity contribution in [1.29, 1.82) is 0 Å². The Morgan fingerprint density at radius 1 is 1.42 bits per heavy atom. The molecule has 0 spiro atoms. The van der Waals surface area contributed by atoms with Crippen molar-refractivity contribution in [3.8, 4) is 0 Å². The molecule has 0 radical (unpaired) electrons. The lowest BCUT2D eigenvalue weighted by atomic mass is 10.1. The Hall–Kier alpha value is -1.46. The summed E-state index contributed by atoms with van der Waals surface area (Å²) in [6, 6.07) is 6.30. The molecule has 0 aliphatic carbocycles. The van der Waals surface area contributed by atoms with E-state index in [-0.39, 0.29) is 12.2 Å². The first-order valence-electron chi connectivity index (χ1n) is 6.40. The van der Waals surface area contributed by atoms with Crippen molar-refractivity contribution >= 4 is 5.97 Å². The van der Waals surface area contributed by atoms with Crippen LogP contribution in [0.25, 0.3) is 0 Å². The SMILES string of the molecule is CCOC(=O)CC(O)CNCCc1ccc(F)cc1. The number of carbonyl (C=O) groups is 1. The number of aliphatic hydroxyl groups excluding tert-OH is 1. The molecule has 0 heterocycles. The highest BCUT2D eigenvalue weighted by atomic mass is 19.1. The number of halogens is 1. The van der Waals surface area contributed by atoms with Crippen LogP contribution >= 0.6 is 0 Å². The van der Waals surface area contributed by atoms with Gasteiger partial charge in [0.05, 0.1) is 19.1 Å². The highest BCUT2D eigenvalue weighted by Gasteiger charge is 2.10. The van der Waals surface area contributed by atoms with Crippen LogP contribution in [0.3, 0.4) is 0 Å². The minimum Gasteiger partial charge on any atom is -0.466 e. The molecule has 0 saturated carbocycles. The number of esters is 1. The number of rotatable bonds is 8. The average Bonchev–Trinajstić information content (AvgIpc) is 2.37. The smallest absolute Gasteiger partial charge is 0.308 e. The van der Waals surface area contributed by atoms with Crippen LogP contribution in [0, 0.1) is 5.82 Å². The van der Waals surface area contributed by atoms with Gasteiger partial charge >= 0.3 is 5.97 Å². The fraction of sp³-hybridized carbons (Fsp3) is 0.500. The van der Waals surface area contributed by atoms with Gasteiger partial charge in [-0.15, -0.1) is 0 Å². The summed E-state index contributed by atoms with van der Waals surface area (Å²) in [5.41, 5.74) is 1.02. The normalized spacial score (nSPS) is 12.2. The first kappa shape index (κ1) is 15.6. The molecule has 0 amide bonds. The summed E-state index contributed by atoms with van der Waals surface area (Å²) in [7, 11) is 0. The molecule has 1 unspecified atom stereocenters. The summed E-state index contributed by atoms with van der Waals surface area (Å²) in [6.07, 6.45) is -0.00339. The van der Waals surface area contributed by atoms with E-state index in [2.05, 4.69) is 5.32 Å². The Bertz CT molecular complexity index is 381. The van der Waals surface area contributed by atoms with Crippen molar-refractivity contribution in [2.24, 2.45) is 0 Å². The molecule has 2 N–H and O–H groups in total. The highest BCUT2D eigenvalue weighted by Crippen LogP contribution is 2.02. The molecule has 1 rings (SSSR count). The van der Waals surface area contributed by atoms with Crippen molar-refractivity contribution < 1.29 is 19.0 Å². The summed E-state index contributed by atoms with van der Waals surface area (Å²) in [5, 5.41) is 12.6. The molecule has 0 bridgehead atoms. The molecule has 1 aromatic carbocycles. The van der Waals surface area contributed by atoms with E-state index in [1.165, 1.54) is 12.1 Å². The molecule has 0 aliphatic rings. The second-order valence-corrected chi connectivity index (χ2v) is 4.24. The van der Waals surface area contributed by atoms with E-state index in [1.807, 2.05) is 0 Å². The van der Waals surface area contributed by atoms with Crippen LogP contribution in [0.1, 0.15) is 18.9 Å². The number of benzene rings is 1. The molecular formula is C14H20FNO3. The van der Waals surface area contributed by atoms with Crippen LogP contribution in [0.4, 0.5) is 4.39 Å². The number of hydrogen-bond acceptors (Lipinski definition) is 4. The first-order valence-corrected chi connectivity index (χ1v) is 6.40. The zero-order valence-corrected chi connectivity index (χ0v) is 11.1. The maximum atomic E-state index is 12.7. The lowest BCUT2D eigenvalue weighted by Gasteiger charge is -2.11. The van der Waals surface area contributed by atoms with Gasteiger partial charge in [-0.25, -0.2) is 4.39 Å². The van der Waals surface area contributed by atoms with E-state index in [0.717, 1.165) is 12.0 Å². The second kappa shape index (κ2) is 8.61. The minimum atomic E-state index is -0.743. The summed E-state index contributed by atoms with van der Waals surface area (Å²) >= 11 is 0. The minimum absolute atomic E-state index is 0.00259. The molecule has 4 nitrogen and oxygen atoms in total. The zero-order valence-electron chi connectivity index (χ0n) is 11.1. The van der Waals surface area contributed by atoms with Gasteiger partial charge in [-0.2, -0.15) is 0 Å². The summed E-state index contributed by atoms with van der Waals surface area (Å²) in [4.78, 5) is 11.1. The van der Waals surface area contributed by atoms with Gasteiger partial charge in [0, 0.05) is 6.54 Å². The van der Waals surface area contributed by atoms with Gasteiger partial charge in [-0.3, -0.25) is 4.79 Å². The number of aliphatic hydroxyl groups is 1. The van der Waals surface area contributed by atoms with Crippen LogP contribution in [-0.4, -0.2) is 36.9 Å². The molecule has 0 fully saturated rings. The van der Waals surface area contributed by atoms with E-state index in [4.69, 9.17) is 4.74 Å². The lowest BCUT2D eigenvalue weighted by molar-refractivity contribution is -0.145. The third-order valence-electron chi connectivity index (χ3n) is 2.59. The number of carbonyl (C=O) groups excluding carboxylic acids is 1. The Labute approximate surface area is 112 Å². The standard InChI is InChI=1S/C14H20FNO3/c1-2-19-14(18)9-13(17)10-16-8-7-11-3-5-12(15)6-4-11/h3-6,13,16-17H,2,7-10H2,1H3.